The number of rotatable bonds is 1. The molecule has 1 amide bonds. The lowest BCUT2D eigenvalue weighted by Gasteiger charge is -2.09. The second-order valence-electron chi connectivity index (χ2n) is 3.00. The maximum absolute atomic E-state index is 10.8. The van der Waals surface area contributed by atoms with Gasteiger partial charge in [0.15, 0.2) is 0 Å². The molecule has 1 aliphatic heterocycles. The van der Waals surface area contributed by atoms with Gasteiger partial charge in [-0.15, -0.1) is 0 Å². The smallest absolute Gasteiger partial charge is 0.407 e. The summed E-state index contributed by atoms with van der Waals surface area (Å²) in [6.07, 6.45) is -0.450. The summed E-state index contributed by atoms with van der Waals surface area (Å²) in [6, 6.07) is 4.80. The predicted molar refractivity (Wildman–Crippen MR) is 53.0 cm³/mol. The Morgan fingerprint density at radius 2 is 2.36 bits per heavy atom. The monoisotopic (exact) mass is 257 g/mol. The molecule has 0 aromatic heterocycles. The van der Waals surface area contributed by atoms with Gasteiger partial charge in [-0.1, -0.05) is 15.9 Å². The number of phenols is 1. The number of carbonyl (C=O) groups excluding carboxylic acids is 1. The fourth-order valence-electron chi connectivity index (χ4n) is 1.36. The number of carbonyl (C=O) groups is 1. The van der Waals surface area contributed by atoms with E-state index in [1.54, 1.807) is 18.2 Å². The summed E-state index contributed by atoms with van der Waals surface area (Å²) in [4.78, 5) is 10.8. The third-order valence-corrected chi connectivity index (χ3v) is 2.53. The molecule has 0 aliphatic carbocycles. The van der Waals surface area contributed by atoms with Gasteiger partial charge in [-0.3, -0.25) is 0 Å². The summed E-state index contributed by atoms with van der Waals surface area (Å²) in [5.74, 6) is 0.156. The normalized spacial score (nSPS) is 20.4. The van der Waals surface area contributed by atoms with E-state index in [0.29, 0.717) is 5.56 Å². The average molecular weight is 258 g/mol. The van der Waals surface area contributed by atoms with Gasteiger partial charge < -0.3 is 15.2 Å². The quantitative estimate of drug-likeness (QED) is 0.809. The largest absolute Gasteiger partial charge is 0.508 e. The summed E-state index contributed by atoms with van der Waals surface area (Å²) in [5.41, 5.74) is 0.658. The number of hydrogen-bond acceptors (Lipinski definition) is 3. The van der Waals surface area contributed by atoms with Crippen molar-refractivity contribution < 1.29 is 14.6 Å². The van der Waals surface area contributed by atoms with Crippen LogP contribution in [0.1, 0.15) is 11.6 Å². The molecule has 0 saturated carbocycles. The number of ether oxygens (including phenoxy) is 1. The van der Waals surface area contributed by atoms with Crippen LogP contribution in [0.25, 0.3) is 0 Å². The minimum Gasteiger partial charge on any atom is -0.508 e. The Bertz CT molecular complexity index is 380. The molecule has 14 heavy (non-hydrogen) atoms. The number of phenolic OH excluding ortho intramolecular Hbond substituents is 1. The van der Waals surface area contributed by atoms with Crippen LogP contribution in [0, 0.1) is 0 Å². The number of aromatic hydroxyl groups is 1. The summed E-state index contributed by atoms with van der Waals surface area (Å²) in [6.45, 7) is 0.253. The molecule has 1 fully saturated rings. The number of halogens is 1. The first-order valence-electron chi connectivity index (χ1n) is 4.08. The van der Waals surface area contributed by atoms with E-state index < -0.39 is 6.09 Å². The Labute approximate surface area is 89.0 Å². The zero-order valence-corrected chi connectivity index (χ0v) is 8.74. The summed E-state index contributed by atoms with van der Waals surface area (Å²) >= 11 is 3.29. The molecular formula is C9H8BrNO3. The molecular weight excluding hydrogens is 250 g/mol. The molecule has 0 radical (unpaired) electrons. The minimum atomic E-state index is -0.450. The van der Waals surface area contributed by atoms with Crippen molar-refractivity contribution >= 4 is 22.0 Å². The van der Waals surface area contributed by atoms with Gasteiger partial charge in [-0.05, 0) is 18.2 Å². The number of hydrogen-bond donors (Lipinski definition) is 2. The third kappa shape index (κ3) is 1.68. The van der Waals surface area contributed by atoms with Gasteiger partial charge in [0.25, 0.3) is 0 Å². The third-order valence-electron chi connectivity index (χ3n) is 2.04. The Morgan fingerprint density at radius 3 is 3.00 bits per heavy atom. The number of benzene rings is 1. The number of cyclic esters (lactones) is 1. The molecule has 1 heterocycles. The zero-order valence-electron chi connectivity index (χ0n) is 7.16. The van der Waals surface area contributed by atoms with Crippen molar-refractivity contribution in [2.45, 2.75) is 6.04 Å². The lowest BCUT2D eigenvalue weighted by molar-refractivity contribution is 0.177. The first kappa shape index (κ1) is 9.33. The predicted octanol–water partition coefficient (Wildman–Crippen LogP) is 1.94. The van der Waals surface area contributed by atoms with E-state index in [-0.39, 0.29) is 18.4 Å². The fourth-order valence-corrected chi connectivity index (χ4v) is 1.74. The van der Waals surface area contributed by atoms with E-state index in [2.05, 4.69) is 21.2 Å². The highest BCUT2D eigenvalue weighted by Crippen LogP contribution is 2.29. The lowest BCUT2D eigenvalue weighted by Crippen LogP contribution is -2.18. The van der Waals surface area contributed by atoms with E-state index in [1.165, 1.54) is 0 Å². The van der Waals surface area contributed by atoms with Crippen molar-refractivity contribution in [2.75, 3.05) is 6.61 Å². The Morgan fingerprint density at radius 1 is 1.57 bits per heavy atom. The topological polar surface area (TPSA) is 58.6 Å². The van der Waals surface area contributed by atoms with Crippen molar-refractivity contribution in [3.8, 4) is 5.75 Å². The van der Waals surface area contributed by atoms with Gasteiger partial charge in [0.1, 0.15) is 12.4 Å². The van der Waals surface area contributed by atoms with Crippen LogP contribution < -0.4 is 5.32 Å². The maximum Gasteiger partial charge on any atom is 0.407 e. The average Bonchev–Trinajstić information content (AvgIpc) is 2.56. The van der Waals surface area contributed by atoms with Crippen molar-refractivity contribution in [1.29, 1.82) is 0 Å². The SMILES string of the molecule is O=C1NC(c2cc(Br)ccc2O)CO1. The summed E-state index contributed by atoms with van der Waals surface area (Å²) < 4.78 is 5.59. The summed E-state index contributed by atoms with van der Waals surface area (Å²) in [5, 5.41) is 12.2. The van der Waals surface area contributed by atoms with Gasteiger partial charge >= 0.3 is 6.09 Å². The van der Waals surface area contributed by atoms with Gasteiger partial charge in [-0.25, -0.2) is 4.79 Å². The zero-order chi connectivity index (χ0) is 10.1. The highest BCUT2D eigenvalue weighted by atomic mass is 79.9. The van der Waals surface area contributed by atoms with Crippen molar-refractivity contribution in [3.63, 3.8) is 0 Å². The van der Waals surface area contributed by atoms with Gasteiger partial charge in [0.2, 0.25) is 0 Å². The standard InChI is InChI=1S/C9H8BrNO3/c10-5-1-2-8(12)6(3-5)7-4-14-9(13)11-7/h1-3,7,12H,4H2,(H,11,13). The Kier molecular flexibility index (Phi) is 2.33. The van der Waals surface area contributed by atoms with Crippen molar-refractivity contribution in [3.05, 3.63) is 28.2 Å². The minimum absolute atomic E-state index is 0.156. The van der Waals surface area contributed by atoms with Crippen LogP contribution in [0.5, 0.6) is 5.75 Å². The highest BCUT2D eigenvalue weighted by Gasteiger charge is 2.25. The van der Waals surface area contributed by atoms with E-state index in [4.69, 9.17) is 4.74 Å². The highest BCUT2D eigenvalue weighted by molar-refractivity contribution is 9.10. The lowest BCUT2D eigenvalue weighted by atomic mass is 10.1. The maximum atomic E-state index is 10.8. The van der Waals surface area contributed by atoms with Crippen molar-refractivity contribution in [1.82, 2.24) is 5.32 Å². The van der Waals surface area contributed by atoms with Gasteiger partial charge in [0.05, 0.1) is 6.04 Å². The molecule has 4 nitrogen and oxygen atoms in total. The molecule has 1 aromatic rings. The Balaban J connectivity index is 2.31. The molecule has 2 N–H and O–H groups in total. The van der Waals surface area contributed by atoms with Crippen LogP contribution in [-0.2, 0) is 4.74 Å². The first-order chi connectivity index (χ1) is 6.66. The molecule has 1 aliphatic rings. The van der Waals surface area contributed by atoms with Crippen LogP contribution in [0.15, 0.2) is 22.7 Å². The van der Waals surface area contributed by atoms with E-state index in [9.17, 15) is 9.90 Å². The number of nitrogens with one attached hydrogen (secondary N) is 1. The van der Waals surface area contributed by atoms with Crippen LogP contribution in [-0.4, -0.2) is 17.8 Å². The van der Waals surface area contributed by atoms with E-state index >= 15 is 0 Å². The van der Waals surface area contributed by atoms with Crippen LogP contribution in [0.3, 0.4) is 0 Å². The van der Waals surface area contributed by atoms with Crippen LogP contribution in [0.2, 0.25) is 0 Å². The van der Waals surface area contributed by atoms with Gasteiger partial charge in [-0.2, -0.15) is 0 Å². The second-order valence-corrected chi connectivity index (χ2v) is 3.91. The first-order valence-corrected chi connectivity index (χ1v) is 4.88. The second kappa shape index (κ2) is 3.49. The fraction of sp³-hybridized carbons (Fsp3) is 0.222. The molecule has 0 bridgehead atoms. The van der Waals surface area contributed by atoms with E-state index in [1.807, 2.05) is 0 Å². The molecule has 5 heteroatoms. The molecule has 0 spiro atoms. The summed E-state index contributed by atoms with van der Waals surface area (Å²) in [7, 11) is 0. The van der Waals surface area contributed by atoms with Crippen LogP contribution in [0.4, 0.5) is 4.79 Å². The molecule has 74 valence electrons. The number of alkyl carbamates (subject to hydrolysis) is 1. The molecule has 1 aromatic carbocycles. The molecule has 1 atom stereocenters. The molecule has 2 rings (SSSR count). The Hall–Kier alpha value is -1.23. The number of amides is 1. The van der Waals surface area contributed by atoms with Crippen molar-refractivity contribution in [2.24, 2.45) is 0 Å². The van der Waals surface area contributed by atoms with Gasteiger partial charge in [0, 0.05) is 10.0 Å². The van der Waals surface area contributed by atoms with E-state index in [0.717, 1.165) is 4.47 Å². The van der Waals surface area contributed by atoms with Crippen LogP contribution >= 0.6 is 15.9 Å². The molecule has 1 unspecified atom stereocenters. The molecule has 1 saturated heterocycles.